The van der Waals surface area contributed by atoms with E-state index in [2.05, 4.69) is 13.8 Å². The van der Waals surface area contributed by atoms with E-state index in [1.807, 2.05) is 0 Å². The van der Waals surface area contributed by atoms with Crippen LogP contribution in [0.25, 0.3) is 0 Å². The van der Waals surface area contributed by atoms with Gasteiger partial charge < -0.3 is 29.1 Å². The first kappa shape index (κ1) is 42.0. The molecule has 256 valence electrons. The predicted octanol–water partition coefficient (Wildman–Crippen LogP) is 8.36. The zero-order chi connectivity index (χ0) is 32.0. The van der Waals surface area contributed by atoms with Crippen molar-refractivity contribution in [1.29, 1.82) is 0 Å². The molecule has 0 aliphatic heterocycles. The summed E-state index contributed by atoms with van der Waals surface area (Å²) >= 11 is 0. The van der Waals surface area contributed by atoms with E-state index in [4.69, 9.17) is 19.1 Å². The van der Waals surface area contributed by atoms with Crippen molar-refractivity contribution in [3.63, 3.8) is 0 Å². The molecule has 0 aromatic heterocycles. The number of aliphatic hydroxyl groups is 2. The molecule has 0 saturated carbocycles. The Hall–Kier alpha value is -0.990. The molecule has 3 N–H and O–H groups in total. The summed E-state index contributed by atoms with van der Waals surface area (Å²) in [7, 11) is -4.54. The van der Waals surface area contributed by atoms with E-state index in [1.165, 1.54) is 96.3 Å². The van der Waals surface area contributed by atoms with Crippen LogP contribution in [0.4, 0.5) is 0 Å². The second-order valence-electron chi connectivity index (χ2n) is 11.9. The summed E-state index contributed by atoms with van der Waals surface area (Å²) in [4.78, 5) is 34.5. The maximum atomic E-state index is 12.4. The average molecular weight is 637 g/mol. The van der Waals surface area contributed by atoms with Gasteiger partial charge in [-0.25, -0.2) is 0 Å². The molecule has 3 atom stereocenters. The molecule has 0 radical (unpaired) electrons. The van der Waals surface area contributed by atoms with Crippen molar-refractivity contribution in [2.75, 3.05) is 19.8 Å². The lowest BCUT2D eigenvalue weighted by Gasteiger charge is -2.21. The van der Waals surface area contributed by atoms with Crippen LogP contribution in [0.2, 0.25) is 0 Å². The maximum Gasteiger partial charge on any atom is 0.358 e. The lowest BCUT2D eigenvalue weighted by molar-refractivity contribution is -0.161. The highest BCUT2D eigenvalue weighted by Crippen LogP contribution is 2.46. The third-order valence-electron chi connectivity index (χ3n) is 7.68. The molecule has 0 amide bonds. The van der Waals surface area contributed by atoms with Crippen molar-refractivity contribution in [2.45, 2.75) is 180 Å². The summed E-state index contributed by atoms with van der Waals surface area (Å²) in [5.74, 6) is -2.89. The second kappa shape index (κ2) is 29.7. The molecule has 0 aromatic carbocycles. The highest BCUT2D eigenvalue weighted by Gasteiger charge is 2.32. The van der Waals surface area contributed by atoms with E-state index in [1.54, 1.807) is 0 Å². The normalized spacial score (nSPS) is 14.3. The number of aliphatic hydroxyl groups excluding tert-OH is 2. The van der Waals surface area contributed by atoms with Gasteiger partial charge in [0.1, 0.15) is 6.61 Å². The maximum absolute atomic E-state index is 12.4. The van der Waals surface area contributed by atoms with Gasteiger partial charge >= 0.3 is 19.5 Å². The number of carbonyl (C=O) groups is 2. The predicted molar refractivity (Wildman–Crippen MR) is 172 cm³/mol. The monoisotopic (exact) mass is 636 g/mol. The van der Waals surface area contributed by atoms with Crippen molar-refractivity contribution < 1.29 is 43.3 Å². The SMILES string of the molecule is CCCCCCCCCCCCCCCC(=O)OC[C@H](COP(=O)(O)C(O)CO)OC(=O)CCCCCCCCCCC. The first-order chi connectivity index (χ1) is 20.8. The highest BCUT2D eigenvalue weighted by molar-refractivity contribution is 7.53. The fourth-order valence-electron chi connectivity index (χ4n) is 4.87. The van der Waals surface area contributed by atoms with Crippen LogP contribution < -0.4 is 0 Å². The molecular formula is C33H65O9P. The molecule has 0 fully saturated rings. The largest absolute Gasteiger partial charge is 0.462 e. The van der Waals surface area contributed by atoms with Gasteiger partial charge in [-0.3, -0.25) is 14.2 Å². The van der Waals surface area contributed by atoms with E-state index in [-0.39, 0.29) is 19.4 Å². The molecule has 0 heterocycles. The second-order valence-corrected chi connectivity index (χ2v) is 13.9. The summed E-state index contributed by atoms with van der Waals surface area (Å²) in [5.41, 5.74) is 0. The van der Waals surface area contributed by atoms with Crippen LogP contribution in [0.3, 0.4) is 0 Å². The molecule has 9 nitrogen and oxygen atoms in total. The molecule has 10 heteroatoms. The minimum atomic E-state index is -4.54. The minimum absolute atomic E-state index is 0.190. The average Bonchev–Trinajstić information content (AvgIpc) is 2.99. The molecular weight excluding hydrogens is 571 g/mol. The Morgan fingerprint density at radius 3 is 1.37 bits per heavy atom. The number of carbonyl (C=O) groups excluding carboxylic acids is 2. The van der Waals surface area contributed by atoms with Crippen molar-refractivity contribution in [1.82, 2.24) is 0 Å². The third kappa shape index (κ3) is 27.1. The number of rotatable bonds is 32. The number of hydrogen-bond donors (Lipinski definition) is 3. The van der Waals surface area contributed by atoms with E-state index in [0.717, 1.165) is 32.1 Å². The van der Waals surface area contributed by atoms with Gasteiger partial charge in [0.25, 0.3) is 0 Å². The molecule has 2 unspecified atom stereocenters. The van der Waals surface area contributed by atoms with Gasteiger partial charge in [-0.1, -0.05) is 142 Å². The van der Waals surface area contributed by atoms with Crippen molar-refractivity contribution in [3.05, 3.63) is 0 Å². The summed E-state index contributed by atoms with van der Waals surface area (Å²) < 4.78 is 27.6. The van der Waals surface area contributed by atoms with Gasteiger partial charge in [0, 0.05) is 12.8 Å². The van der Waals surface area contributed by atoms with Crippen molar-refractivity contribution in [2.24, 2.45) is 0 Å². The Morgan fingerprint density at radius 2 is 0.977 bits per heavy atom. The Balaban J connectivity index is 4.25. The molecule has 0 aliphatic carbocycles. The summed E-state index contributed by atoms with van der Waals surface area (Å²) in [6, 6.07) is 0. The highest BCUT2D eigenvalue weighted by atomic mass is 31.2. The summed E-state index contributed by atoms with van der Waals surface area (Å²) in [6.07, 6.45) is 25.1. The van der Waals surface area contributed by atoms with Crippen molar-refractivity contribution >= 4 is 19.5 Å². The molecule has 0 bridgehead atoms. The van der Waals surface area contributed by atoms with Crippen LogP contribution in [0.5, 0.6) is 0 Å². The van der Waals surface area contributed by atoms with Gasteiger partial charge in [-0.2, -0.15) is 0 Å². The van der Waals surface area contributed by atoms with Crippen LogP contribution in [0.1, 0.15) is 168 Å². The molecule has 0 rings (SSSR count). The Labute approximate surface area is 262 Å². The van der Waals surface area contributed by atoms with E-state index in [9.17, 15) is 24.2 Å². The zero-order valence-corrected chi connectivity index (χ0v) is 28.4. The molecule has 43 heavy (non-hydrogen) atoms. The van der Waals surface area contributed by atoms with Crippen LogP contribution in [0.15, 0.2) is 0 Å². The number of hydrogen-bond acceptors (Lipinski definition) is 8. The van der Waals surface area contributed by atoms with Crippen LogP contribution in [-0.4, -0.2) is 58.8 Å². The first-order valence-electron chi connectivity index (χ1n) is 17.4. The van der Waals surface area contributed by atoms with Gasteiger partial charge in [0.15, 0.2) is 11.9 Å². The molecule has 0 aliphatic rings. The lowest BCUT2D eigenvalue weighted by Crippen LogP contribution is -2.30. The topological polar surface area (TPSA) is 140 Å². The first-order valence-corrected chi connectivity index (χ1v) is 19.0. The molecule has 0 aromatic rings. The smallest absolute Gasteiger partial charge is 0.358 e. The fourth-order valence-corrected chi connectivity index (χ4v) is 5.62. The Morgan fingerprint density at radius 1 is 0.605 bits per heavy atom. The van der Waals surface area contributed by atoms with Gasteiger partial charge in [-0.05, 0) is 12.8 Å². The molecule has 0 saturated heterocycles. The van der Waals surface area contributed by atoms with Gasteiger partial charge in [-0.15, -0.1) is 0 Å². The Kier molecular flexibility index (Phi) is 29.0. The summed E-state index contributed by atoms with van der Waals surface area (Å²) in [5, 5.41) is 18.5. The van der Waals surface area contributed by atoms with E-state index >= 15 is 0 Å². The third-order valence-corrected chi connectivity index (χ3v) is 9.12. The number of esters is 2. The number of ether oxygens (including phenoxy) is 2. The van der Waals surface area contributed by atoms with E-state index in [0.29, 0.717) is 12.8 Å². The van der Waals surface area contributed by atoms with Crippen LogP contribution >= 0.6 is 7.60 Å². The van der Waals surface area contributed by atoms with Crippen LogP contribution in [0, 0.1) is 0 Å². The van der Waals surface area contributed by atoms with Crippen molar-refractivity contribution in [3.8, 4) is 0 Å². The summed E-state index contributed by atoms with van der Waals surface area (Å²) in [6.45, 7) is 2.63. The Bertz CT molecular complexity index is 704. The minimum Gasteiger partial charge on any atom is -0.462 e. The van der Waals surface area contributed by atoms with Gasteiger partial charge in [0.05, 0.1) is 13.2 Å². The van der Waals surface area contributed by atoms with Crippen LogP contribution in [-0.2, 0) is 28.2 Å². The quantitative estimate of drug-likeness (QED) is 0.0377. The lowest BCUT2D eigenvalue weighted by atomic mass is 10.0. The zero-order valence-electron chi connectivity index (χ0n) is 27.5. The van der Waals surface area contributed by atoms with E-state index < -0.39 is 44.7 Å². The van der Waals surface area contributed by atoms with Gasteiger partial charge in [0.2, 0.25) is 0 Å². The fraction of sp³-hybridized carbons (Fsp3) is 0.939. The standard InChI is InChI=1S/C33H65O9P/c1-3-5-7-9-11-13-14-15-16-18-19-21-23-25-31(35)40-28-30(29-41-43(38,39)33(37)27-34)42-32(36)26-24-22-20-17-12-10-8-6-4-2/h30,33-34,37H,3-29H2,1-2H3,(H,38,39)/t30-,33?/m1/s1. The number of unbranched alkanes of at least 4 members (excludes halogenated alkanes) is 20. The molecule has 0 spiro atoms.